The lowest BCUT2D eigenvalue weighted by molar-refractivity contribution is -0.0617. The molecule has 2 aromatic heterocycles. The SMILES string of the molecule is N[C@]1(CI)O[C@@H](c2ccc3c(NC(=O)c4ccccc4)ncnn23)[C@H](F)[C@@H]1O. The Balaban J connectivity index is 1.67. The molecule has 1 aliphatic heterocycles. The van der Waals surface area contributed by atoms with Crippen LogP contribution in [0.25, 0.3) is 5.52 Å². The highest BCUT2D eigenvalue weighted by Gasteiger charge is 2.53. The van der Waals surface area contributed by atoms with Crippen LogP contribution in [-0.4, -0.2) is 48.0 Å². The Morgan fingerprint density at radius 3 is 2.79 bits per heavy atom. The van der Waals surface area contributed by atoms with Crippen molar-refractivity contribution in [3.05, 3.63) is 60.0 Å². The molecule has 0 unspecified atom stereocenters. The minimum atomic E-state index is -1.71. The van der Waals surface area contributed by atoms with Crippen molar-refractivity contribution in [2.45, 2.75) is 24.1 Å². The predicted molar refractivity (Wildman–Crippen MR) is 108 cm³/mol. The van der Waals surface area contributed by atoms with E-state index in [0.717, 1.165) is 0 Å². The molecule has 1 saturated heterocycles. The molecule has 1 amide bonds. The van der Waals surface area contributed by atoms with Gasteiger partial charge in [0.15, 0.2) is 17.7 Å². The van der Waals surface area contributed by atoms with E-state index in [4.69, 9.17) is 10.5 Å². The van der Waals surface area contributed by atoms with Gasteiger partial charge in [-0.25, -0.2) is 13.9 Å². The highest BCUT2D eigenvalue weighted by molar-refractivity contribution is 14.1. The number of carbonyl (C=O) groups is 1. The van der Waals surface area contributed by atoms with Crippen LogP contribution in [0, 0.1) is 0 Å². The van der Waals surface area contributed by atoms with Crippen LogP contribution in [0.2, 0.25) is 0 Å². The molecular weight excluding hydrogens is 480 g/mol. The largest absolute Gasteiger partial charge is 0.385 e. The summed E-state index contributed by atoms with van der Waals surface area (Å²) in [5, 5.41) is 17.0. The summed E-state index contributed by atoms with van der Waals surface area (Å²) in [5.41, 5.74) is 5.81. The number of ether oxygens (including phenoxy) is 1. The van der Waals surface area contributed by atoms with Gasteiger partial charge in [0.25, 0.3) is 5.91 Å². The molecule has 10 heteroatoms. The summed E-state index contributed by atoms with van der Waals surface area (Å²) in [4.78, 5) is 16.5. The maximum absolute atomic E-state index is 14.7. The standard InChI is InChI=1S/C18H17FIN5O3/c19-13-14(28-18(21,8-20)15(13)26)11-6-7-12-16(22-9-23-25(11)12)24-17(27)10-4-2-1-3-5-10/h1-7,9,13-15,26H,8,21H2,(H,22,23,24,27)/t13-,14-,15-,18+/m0/s1. The highest BCUT2D eigenvalue weighted by atomic mass is 127. The molecule has 0 saturated carbocycles. The zero-order valence-corrected chi connectivity index (χ0v) is 16.7. The van der Waals surface area contributed by atoms with Crippen LogP contribution in [0.4, 0.5) is 10.2 Å². The van der Waals surface area contributed by atoms with E-state index in [0.29, 0.717) is 16.8 Å². The molecule has 28 heavy (non-hydrogen) atoms. The highest BCUT2D eigenvalue weighted by Crippen LogP contribution is 2.40. The van der Waals surface area contributed by atoms with E-state index in [1.807, 2.05) is 28.7 Å². The number of aliphatic hydroxyl groups excluding tert-OH is 1. The summed E-state index contributed by atoms with van der Waals surface area (Å²) in [7, 11) is 0. The van der Waals surface area contributed by atoms with Gasteiger partial charge >= 0.3 is 0 Å². The van der Waals surface area contributed by atoms with Crippen LogP contribution in [0.15, 0.2) is 48.8 Å². The molecule has 4 N–H and O–H groups in total. The zero-order chi connectivity index (χ0) is 19.9. The predicted octanol–water partition coefficient (Wildman–Crippen LogP) is 1.84. The van der Waals surface area contributed by atoms with E-state index in [9.17, 15) is 14.3 Å². The molecular formula is C18H17FIN5O3. The lowest BCUT2D eigenvalue weighted by atomic mass is 10.0. The van der Waals surface area contributed by atoms with Crippen LogP contribution >= 0.6 is 22.6 Å². The van der Waals surface area contributed by atoms with Crippen LogP contribution in [0.1, 0.15) is 22.2 Å². The summed E-state index contributed by atoms with van der Waals surface area (Å²) in [6, 6.07) is 12.0. The van der Waals surface area contributed by atoms with Gasteiger partial charge in [0, 0.05) is 9.99 Å². The lowest BCUT2D eigenvalue weighted by Gasteiger charge is -2.24. The van der Waals surface area contributed by atoms with Crippen molar-refractivity contribution >= 4 is 39.8 Å². The summed E-state index contributed by atoms with van der Waals surface area (Å²) >= 11 is 1.94. The summed E-state index contributed by atoms with van der Waals surface area (Å²) in [5.74, 6) is -0.0531. The first-order valence-corrected chi connectivity index (χ1v) is 10.0. The molecule has 3 aromatic rings. The fourth-order valence-corrected chi connectivity index (χ4v) is 3.81. The van der Waals surface area contributed by atoms with Crippen LogP contribution in [0.3, 0.4) is 0 Å². The number of halogens is 2. The van der Waals surface area contributed by atoms with Gasteiger partial charge in [-0.15, -0.1) is 0 Å². The Bertz CT molecular complexity index is 1020. The van der Waals surface area contributed by atoms with Gasteiger partial charge in [0.2, 0.25) is 0 Å². The number of anilines is 1. The van der Waals surface area contributed by atoms with Gasteiger partial charge in [0.05, 0.1) is 5.69 Å². The number of nitrogens with one attached hydrogen (secondary N) is 1. The van der Waals surface area contributed by atoms with E-state index in [1.54, 1.807) is 36.4 Å². The van der Waals surface area contributed by atoms with Crippen molar-refractivity contribution in [3.8, 4) is 0 Å². The van der Waals surface area contributed by atoms with Crippen molar-refractivity contribution in [3.63, 3.8) is 0 Å². The van der Waals surface area contributed by atoms with Crippen LogP contribution < -0.4 is 11.1 Å². The molecule has 4 atom stereocenters. The molecule has 146 valence electrons. The van der Waals surface area contributed by atoms with Crippen molar-refractivity contribution in [2.24, 2.45) is 5.73 Å². The third kappa shape index (κ3) is 3.15. The molecule has 1 aliphatic rings. The average Bonchev–Trinajstić information content (AvgIpc) is 3.24. The van der Waals surface area contributed by atoms with Gasteiger partial charge in [-0.05, 0) is 24.3 Å². The van der Waals surface area contributed by atoms with Crippen LogP contribution in [0.5, 0.6) is 0 Å². The Kier molecular flexibility index (Phi) is 5.04. The fourth-order valence-electron chi connectivity index (χ4n) is 3.18. The number of carbonyl (C=O) groups excluding carboxylic acids is 1. The van der Waals surface area contributed by atoms with E-state index in [2.05, 4.69) is 15.4 Å². The quantitative estimate of drug-likeness (QED) is 0.375. The van der Waals surface area contributed by atoms with Gasteiger partial charge in [-0.1, -0.05) is 40.8 Å². The Morgan fingerprint density at radius 1 is 1.36 bits per heavy atom. The molecule has 4 rings (SSSR count). The zero-order valence-electron chi connectivity index (χ0n) is 14.5. The number of aromatic nitrogens is 3. The average molecular weight is 497 g/mol. The second kappa shape index (κ2) is 7.35. The third-order valence-electron chi connectivity index (χ3n) is 4.69. The van der Waals surface area contributed by atoms with Crippen LogP contribution in [-0.2, 0) is 4.74 Å². The summed E-state index contributed by atoms with van der Waals surface area (Å²) in [6.45, 7) is 0. The molecule has 1 fully saturated rings. The Hall–Kier alpha value is -2.15. The van der Waals surface area contributed by atoms with Crippen molar-refractivity contribution in [1.29, 1.82) is 0 Å². The number of benzene rings is 1. The first-order chi connectivity index (χ1) is 13.4. The third-order valence-corrected chi connectivity index (χ3v) is 5.88. The summed E-state index contributed by atoms with van der Waals surface area (Å²) in [6.07, 6.45) is -3.01. The smallest absolute Gasteiger partial charge is 0.256 e. The monoisotopic (exact) mass is 497 g/mol. The minimum Gasteiger partial charge on any atom is -0.385 e. The first kappa shape index (κ1) is 19.2. The van der Waals surface area contributed by atoms with E-state index in [-0.39, 0.29) is 16.2 Å². The van der Waals surface area contributed by atoms with E-state index < -0.39 is 24.1 Å². The maximum Gasteiger partial charge on any atom is 0.256 e. The number of hydrogen-bond donors (Lipinski definition) is 3. The summed E-state index contributed by atoms with van der Waals surface area (Å²) < 4.78 is 22.0. The molecule has 0 spiro atoms. The molecule has 3 heterocycles. The number of fused-ring (bicyclic) bond motifs is 1. The Morgan fingerprint density at radius 2 is 2.11 bits per heavy atom. The van der Waals surface area contributed by atoms with Gasteiger partial charge < -0.3 is 20.9 Å². The number of nitrogens with two attached hydrogens (primary N) is 1. The number of aliphatic hydroxyl groups is 1. The molecule has 0 aliphatic carbocycles. The van der Waals surface area contributed by atoms with E-state index >= 15 is 0 Å². The molecule has 1 aromatic carbocycles. The number of alkyl halides is 2. The Labute approximate surface area is 173 Å². The number of hydrogen-bond acceptors (Lipinski definition) is 6. The minimum absolute atomic E-state index is 0.222. The number of amides is 1. The van der Waals surface area contributed by atoms with E-state index in [1.165, 1.54) is 10.8 Å². The normalized spacial score (nSPS) is 27.2. The van der Waals surface area contributed by atoms with Crippen molar-refractivity contribution < 1.29 is 19.0 Å². The van der Waals surface area contributed by atoms with Gasteiger partial charge in [-0.2, -0.15) is 5.10 Å². The van der Waals surface area contributed by atoms with Gasteiger partial charge in [0.1, 0.15) is 24.1 Å². The number of rotatable bonds is 4. The molecule has 8 nitrogen and oxygen atoms in total. The topological polar surface area (TPSA) is 115 Å². The fraction of sp³-hybridized carbons (Fsp3) is 0.278. The molecule has 0 radical (unpaired) electrons. The second-order valence-electron chi connectivity index (χ2n) is 6.50. The maximum atomic E-state index is 14.7. The van der Waals surface area contributed by atoms with Crippen molar-refractivity contribution in [2.75, 3.05) is 9.74 Å². The number of nitrogens with zero attached hydrogens (tertiary/aromatic N) is 3. The second-order valence-corrected chi connectivity index (χ2v) is 7.26. The van der Waals surface area contributed by atoms with Gasteiger partial charge in [-0.3, -0.25) is 4.79 Å². The first-order valence-electron chi connectivity index (χ1n) is 8.48. The lowest BCUT2D eigenvalue weighted by Crippen LogP contribution is -2.51. The van der Waals surface area contributed by atoms with Crippen molar-refractivity contribution in [1.82, 2.24) is 14.6 Å². The molecule has 0 bridgehead atoms.